The Morgan fingerprint density at radius 1 is 1.42 bits per heavy atom. The van der Waals surface area contributed by atoms with Gasteiger partial charge in [-0.15, -0.1) is 11.3 Å². The van der Waals surface area contributed by atoms with Crippen LogP contribution in [0.5, 0.6) is 0 Å². The highest BCUT2D eigenvalue weighted by Gasteiger charge is 2.15. The highest BCUT2D eigenvalue weighted by molar-refractivity contribution is 7.89. The van der Waals surface area contributed by atoms with Gasteiger partial charge in [-0.05, 0) is 17.7 Å². The number of nitrogens with one attached hydrogen (secondary N) is 1. The Balaban J connectivity index is 2.17. The molecule has 0 radical (unpaired) electrons. The van der Waals surface area contributed by atoms with Crippen LogP contribution in [0.25, 0.3) is 0 Å². The summed E-state index contributed by atoms with van der Waals surface area (Å²) in [5.41, 5.74) is 6.19. The van der Waals surface area contributed by atoms with Crippen molar-refractivity contribution in [2.45, 2.75) is 18.0 Å². The lowest BCUT2D eigenvalue weighted by Gasteiger charge is -2.07. The van der Waals surface area contributed by atoms with Gasteiger partial charge in [-0.25, -0.2) is 18.1 Å². The third kappa shape index (κ3) is 3.52. The first kappa shape index (κ1) is 14.4. The molecule has 0 saturated heterocycles. The van der Waals surface area contributed by atoms with Crippen LogP contribution in [0.3, 0.4) is 0 Å². The number of nitrogens with two attached hydrogens (primary N) is 1. The number of halogens is 1. The lowest BCUT2D eigenvalue weighted by Crippen LogP contribution is -2.23. The molecule has 0 atom stereocenters. The quantitative estimate of drug-likeness (QED) is 0.879. The molecule has 8 heteroatoms. The van der Waals surface area contributed by atoms with Crippen molar-refractivity contribution in [2.24, 2.45) is 5.73 Å². The lowest BCUT2D eigenvalue weighted by atomic mass is 10.2. The molecule has 1 aromatic heterocycles. The van der Waals surface area contributed by atoms with Crippen LogP contribution in [0, 0.1) is 0 Å². The van der Waals surface area contributed by atoms with Gasteiger partial charge in [-0.3, -0.25) is 0 Å². The topological polar surface area (TPSA) is 85.1 Å². The monoisotopic (exact) mass is 317 g/mol. The molecule has 0 saturated carbocycles. The smallest absolute Gasteiger partial charge is 0.241 e. The van der Waals surface area contributed by atoms with Gasteiger partial charge in [-0.2, -0.15) is 0 Å². The SMILES string of the molecule is NCc1ccc(S(=O)(=O)NCc2nccs2)cc1Cl. The van der Waals surface area contributed by atoms with Crippen LogP contribution in [-0.2, 0) is 23.1 Å². The highest BCUT2D eigenvalue weighted by atomic mass is 35.5. The van der Waals surface area contributed by atoms with Crippen LogP contribution in [0.4, 0.5) is 0 Å². The van der Waals surface area contributed by atoms with E-state index >= 15 is 0 Å². The maximum Gasteiger partial charge on any atom is 0.241 e. The molecule has 5 nitrogen and oxygen atoms in total. The van der Waals surface area contributed by atoms with Gasteiger partial charge in [0, 0.05) is 23.1 Å². The number of hydrogen-bond donors (Lipinski definition) is 2. The van der Waals surface area contributed by atoms with Crippen LogP contribution < -0.4 is 10.5 Å². The minimum absolute atomic E-state index is 0.117. The van der Waals surface area contributed by atoms with Crippen LogP contribution in [-0.4, -0.2) is 13.4 Å². The molecular weight excluding hydrogens is 306 g/mol. The first-order chi connectivity index (χ1) is 9.03. The predicted octanol–water partition coefficient (Wildman–Crippen LogP) is 1.73. The number of rotatable bonds is 5. The first-order valence-corrected chi connectivity index (χ1v) is 8.13. The van der Waals surface area contributed by atoms with Gasteiger partial charge in [0.15, 0.2) is 0 Å². The Kier molecular flexibility index (Phi) is 4.54. The molecule has 1 aromatic carbocycles. The molecule has 0 spiro atoms. The largest absolute Gasteiger partial charge is 0.326 e. The molecule has 2 aromatic rings. The molecule has 0 fully saturated rings. The normalized spacial score (nSPS) is 11.7. The average Bonchev–Trinajstić information content (AvgIpc) is 2.89. The molecule has 19 heavy (non-hydrogen) atoms. The summed E-state index contributed by atoms with van der Waals surface area (Å²) in [5.74, 6) is 0. The first-order valence-electron chi connectivity index (χ1n) is 5.39. The maximum absolute atomic E-state index is 12.1. The van der Waals surface area contributed by atoms with Crippen LogP contribution in [0.1, 0.15) is 10.6 Å². The van der Waals surface area contributed by atoms with E-state index in [9.17, 15) is 8.42 Å². The Bertz CT molecular complexity index is 657. The Hall–Kier alpha value is -0.990. The van der Waals surface area contributed by atoms with Gasteiger partial charge in [0.25, 0.3) is 0 Å². The third-order valence-corrected chi connectivity index (χ3v) is 4.98. The number of aromatic nitrogens is 1. The summed E-state index contributed by atoms with van der Waals surface area (Å²) in [4.78, 5) is 4.12. The zero-order valence-corrected chi connectivity index (χ0v) is 12.2. The van der Waals surface area contributed by atoms with Crippen molar-refractivity contribution in [3.05, 3.63) is 45.4 Å². The average molecular weight is 318 g/mol. The zero-order valence-electron chi connectivity index (χ0n) is 9.84. The third-order valence-electron chi connectivity index (χ3n) is 2.45. The molecule has 102 valence electrons. The van der Waals surface area contributed by atoms with E-state index in [2.05, 4.69) is 9.71 Å². The van der Waals surface area contributed by atoms with Crippen molar-refractivity contribution < 1.29 is 8.42 Å². The molecule has 0 unspecified atom stereocenters. The van der Waals surface area contributed by atoms with Crippen LogP contribution >= 0.6 is 22.9 Å². The molecule has 1 heterocycles. The van der Waals surface area contributed by atoms with Gasteiger partial charge < -0.3 is 5.73 Å². The summed E-state index contributed by atoms with van der Waals surface area (Å²) in [6.45, 7) is 0.433. The predicted molar refractivity (Wildman–Crippen MR) is 75.5 cm³/mol. The van der Waals surface area contributed by atoms with Gasteiger partial charge in [0.2, 0.25) is 10.0 Å². The standard InChI is InChI=1S/C11H12ClN3O2S2/c12-10-5-9(2-1-8(10)6-13)19(16,17)15-7-11-14-3-4-18-11/h1-5,15H,6-7,13H2. The van der Waals surface area contributed by atoms with Gasteiger partial charge >= 0.3 is 0 Å². The van der Waals surface area contributed by atoms with E-state index in [0.717, 1.165) is 0 Å². The summed E-state index contributed by atoms with van der Waals surface area (Å²) in [7, 11) is -3.59. The second-order valence-corrected chi connectivity index (χ2v) is 6.86. The molecule has 2 rings (SSSR count). The number of hydrogen-bond acceptors (Lipinski definition) is 5. The van der Waals surface area contributed by atoms with E-state index in [-0.39, 0.29) is 18.0 Å². The molecule has 0 amide bonds. The zero-order chi connectivity index (χ0) is 13.9. The summed E-state index contributed by atoms with van der Waals surface area (Å²) in [6, 6.07) is 4.49. The fourth-order valence-corrected chi connectivity index (χ4v) is 3.42. The summed E-state index contributed by atoms with van der Waals surface area (Å²) in [6.07, 6.45) is 1.63. The van der Waals surface area contributed by atoms with Gasteiger partial charge in [-0.1, -0.05) is 17.7 Å². The number of thiazole rings is 1. The van der Waals surface area contributed by atoms with Crippen molar-refractivity contribution >= 4 is 33.0 Å². The Morgan fingerprint density at radius 3 is 2.79 bits per heavy atom. The van der Waals surface area contributed by atoms with Crippen molar-refractivity contribution in [2.75, 3.05) is 0 Å². The van der Waals surface area contributed by atoms with E-state index in [1.807, 2.05) is 0 Å². The number of sulfonamides is 1. The van der Waals surface area contributed by atoms with E-state index in [1.54, 1.807) is 17.6 Å². The van der Waals surface area contributed by atoms with E-state index < -0.39 is 10.0 Å². The number of nitrogens with zero attached hydrogens (tertiary/aromatic N) is 1. The van der Waals surface area contributed by atoms with Crippen molar-refractivity contribution in [3.8, 4) is 0 Å². The summed E-state index contributed by atoms with van der Waals surface area (Å²) < 4.78 is 26.6. The second kappa shape index (κ2) is 5.98. The fourth-order valence-electron chi connectivity index (χ4n) is 1.44. The Labute approximate surface area is 120 Å². The van der Waals surface area contributed by atoms with E-state index in [1.165, 1.54) is 23.5 Å². The molecule has 0 bridgehead atoms. The van der Waals surface area contributed by atoms with Gasteiger partial charge in [0.1, 0.15) is 5.01 Å². The number of benzene rings is 1. The Morgan fingerprint density at radius 2 is 2.21 bits per heavy atom. The van der Waals surface area contributed by atoms with Crippen LogP contribution in [0.15, 0.2) is 34.7 Å². The second-order valence-electron chi connectivity index (χ2n) is 3.71. The van der Waals surface area contributed by atoms with Crippen molar-refractivity contribution in [1.29, 1.82) is 0 Å². The van der Waals surface area contributed by atoms with Crippen molar-refractivity contribution in [3.63, 3.8) is 0 Å². The molecule has 3 N–H and O–H groups in total. The molecule has 0 aliphatic heterocycles. The summed E-state index contributed by atoms with van der Waals surface area (Å²) >= 11 is 7.34. The molecular formula is C11H12ClN3O2S2. The minimum atomic E-state index is -3.59. The van der Waals surface area contributed by atoms with Crippen molar-refractivity contribution in [1.82, 2.24) is 9.71 Å². The highest BCUT2D eigenvalue weighted by Crippen LogP contribution is 2.20. The van der Waals surface area contributed by atoms with Crippen LogP contribution in [0.2, 0.25) is 5.02 Å². The van der Waals surface area contributed by atoms with E-state index in [0.29, 0.717) is 15.6 Å². The fraction of sp³-hybridized carbons (Fsp3) is 0.182. The lowest BCUT2D eigenvalue weighted by molar-refractivity contribution is 0.581. The molecule has 0 aliphatic rings. The maximum atomic E-state index is 12.1. The molecule has 0 aliphatic carbocycles. The van der Waals surface area contributed by atoms with Gasteiger partial charge in [0.05, 0.1) is 11.4 Å². The summed E-state index contributed by atoms with van der Waals surface area (Å²) in [5, 5.41) is 2.84. The minimum Gasteiger partial charge on any atom is -0.326 e. The van der Waals surface area contributed by atoms with E-state index in [4.69, 9.17) is 17.3 Å².